The van der Waals surface area contributed by atoms with Crippen LogP contribution in [-0.2, 0) is 4.79 Å². The quantitative estimate of drug-likeness (QED) is 0.735. The van der Waals surface area contributed by atoms with Crippen LogP contribution in [0.25, 0.3) is 0 Å². The minimum Gasteiger partial charge on any atom is -0.395 e. The molecule has 0 saturated heterocycles. The maximum Gasteiger partial charge on any atom is 0.162 e. The van der Waals surface area contributed by atoms with Gasteiger partial charge in [0.1, 0.15) is 0 Å². The number of hydrogen-bond acceptors (Lipinski definition) is 3. The highest BCUT2D eigenvalue weighted by atomic mass is 16.3. The summed E-state index contributed by atoms with van der Waals surface area (Å²) in [5.74, 6) is -0.128. The number of rotatable bonds is 2. The molecule has 0 aromatic rings. The van der Waals surface area contributed by atoms with Crippen LogP contribution in [0.15, 0.2) is 23.8 Å². The molecule has 1 fully saturated rings. The number of carbonyl (C=O) groups excluding carboxylic acids is 1. The van der Waals surface area contributed by atoms with Gasteiger partial charge >= 0.3 is 0 Å². The fourth-order valence-corrected chi connectivity index (χ4v) is 3.46. The van der Waals surface area contributed by atoms with Gasteiger partial charge in [-0.3, -0.25) is 4.79 Å². The van der Waals surface area contributed by atoms with E-state index in [1.54, 1.807) is 6.08 Å². The minimum atomic E-state index is -0.435. The first-order valence-electron chi connectivity index (χ1n) is 6.61. The van der Waals surface area contributed by atoms with E-state index in [0.717, 1.165) is 11.1 Å². The lowest BCUT2D eigenvalue weighted by Crippen LogP contribution is -2.49. The van der Waals surface area contributed by atoms with Crippen molar-refractivity contribution in [3.05, 3.63) is 23.8 Å². The fourth-order valence-electron chi connectivity index (χ4n) is 3.46. The van der Waals surface area contributed by atoms with Gasteiger partial charge in [0.25, 0.3) is 0 Å². The molecule has 0 spiro atoms. The van der Waals surface area contributed by atoms with Crippen LogP contribution in [-0.4, -0.2) is 28.7 Å². The van der Waals surface area contributed by atoms with Gasteiger partial charge in [-0.2, -0.15) is 0 Å². The van der Waals surface area contributed by atoms with E-state index in [4.69, 9.17) is 0 Å². The monoisotopic (exact) mass is 250 g/mol. The molecule has 3 heteroatoms. The first kappa shape index (κ1) is 13.5. The minimum absolute atomic E-state index is 0.00583. The zero-order chi connectivity index (χ0) is 13.5. The Kier molecular flexibility index (Phi) is 3.47. The van der Waals surface area contributed by atoms with Gasteiger partial charge in [-0.1, -0.05) is 24.6 Å². The molecule has 0 aromatic heterocycles. The smallest absolute Gasteiger partial charge is 0.162 e. The van der Waals surface area contributed by atoms with E-state index in [9.17, 15) is 15.0 Å². The van der Waals surface area contributed by atoms with Crippen molar-refractivity contribution >= 4 is 5.78 Å². The Balaban J connectivity index is 2.45. The number of hydrogen-bond donors (Lipinski definition) is 2. The standard InChI is InChI=1S/C15H22O3/c1-9(2)12-7-15(8-16)10(3)13(17)5-4-11(15)6-14(12)18/h6,10,12-13,16-17H,1,4-5,7-8H2,2-3H3/t10-,12+,13+,15-/m1/s1. The van der Waals surface area contributed by atoms with Gasteiger partial charge in [0.2, 0.25) is 0 Å². The molecule has 3 nitrogen and oxygen atoms in total. The fraction of sp³-hybridized carbons (Fsp3) is 0.667. The number of fused-ring (bicyclic) bond motifs is 1. The molecule has 2 N–H and O–H groups in total. The van der Waals surface area contributed by atoms with Crippen LogP contribution in [0.1, 0.15) is 33.1 Å². The molecular formula is C15H22O3. The van der Waals surface area contributed by atoms with Crippen LogP contribution in [0.5, 0.6) is 0 Å². The van der Waals surface area contributed by atoms with Crippen molar-refractivity contribution in [2.75, 3.05) is 6.61 Å². The van der Waals surface area contributed by atoms with Gasteiger partial charge in [-0.15, -0.1) is 0 Å². The molecule has 18 heavy (non-hydrogen) atoms. The Morgan fingerprint density at radius 2 is 2.28 bits per heavy atom. The molecule has 2 rings (SSSR count). The number of allylic oxidation sites excluding steroid dienone is 2. The van der Waals surface area contributed by atoms with Crippen molar-refractivity contribution in [1.29, 1.82) is 0 Å². The van der Waals surface area contributed by atoms with Gasteiger partial charge in [-0.25, -0.2) is 0 Å². The number of carbonyl (C=O) groups is 1. The van der Waals surface area contributed by atoms with Crippen molar-refractivity contribution in [1.82, 2.24) is 0 Å². The number of ketones is 1. The highest BCUT2D eigenvalue weighted by Crippen LogP contribution is 2.52. The third-order valence-electron chi connectivity index (χ3n) is 4.90. The number of aliphatic hydroxyl groups is 2. The highest BCUT2D eigenvalue weighted by molar-refractivity contribution is 5.95. The second kappa shape index (κ2) is 4.63. The molecule has 0 radical (unpaired) electrons. The highest BCUT2D eigenvalue weighted by Gasteiger charge is 2.49. The Labute approximate surface area is 108 Å². The molecule has 0 amide bonds. The third kappa shape index (κ3) is 1.86. The Hall–Kier alpha value is -0.930. The average Bonchev–Trinajstić information content (AvgIpc) is 2.34. The first-order valence-corrected chi connectivity index (χ1v) is 6.61. The van der Waals surface area contributed by atoms with Gasteiger partial charge in [0.05, 0.1) is 12.7 Å². The van der Waals surface area contributed by atoms with E-state index >= 15 is 0 Å². The predicted molar refractivity (Wildman–Crippen MR) is 69.9 cm³/mol. The molecule has 2 aliphatic carbocycles. The molecule has 0 aliphatic heterocycles. The molecule has 0 aromatic carbocycles. The van der Waals surface area contributed by atoms with Crippen LogP contribution >= 0.6 is 0 Å². The average molecular weight is 250 g/mol. The first-order chi connectivity index (χ1) is 8.42. The van der Waals surface area contributed by atoms with E-state index in [1.165, 1.54) is 0 Å². The second-order valence-electron chi connectivity index (χ2n) is 5.88. The largest absolute Gasteiger partial charge is 0.395 e. The molecular weight excluding hydrogens is 228 g/mol. The van der Waals surface area contributed by atoms with E-state index < -0.39 is 11.5 Å². The molecule has 4 atom stereocenters. The van der Waals surface area contributed by atoms with Crippen molar-refractivity contribution < 1.29 is 15.0 Å². The second-order valence-corrected chi connectivity index (χ2v) is 5.88. The van der Waals surface area contributed by atoms with Crippen LogP contribution in [0.3, 0.4) is 0 Å². The lowest BCUT2D eigenvalue weighted by Gasteiger charge is -2.49. The van der Waals surface area contributed by atoms with Crippen molar-refractivity contribution in [2.45, 2.75) is 39.2 Å². The zero-order valence-electron chi connectivity index (χ0n) is 11.1. The van der Waals surface area contributed by atoms with Crippen LogP contribution < -0.4 is 0 Å². The van der Waals surface area contributed by atoms with E-state index in [0.29, 0.717) is 19.3 Å². The molecule has 2 aliphatic rings. The summed E-state index contributed by atoms with van der Waals surface area (Å²) in [5, 5.41) is 19.9. The number of aliphatic hydroxyl groups excluding tert-OH is 2. The molecule has 0 heterocycles. The van der Waals surface area contributed by atoms with Crippen LogP contribution in [0.4, 0.5) is 0 Å². The van der Waals surface area contributed by atoms with Gasteiger partial charge in [0.15, 0.2) is 5.78 Å². The summed E-state index contributed by atoms with van der Waals surface area (Å²) in [6.07, 6.45) is 3.28. The van der Waals surface area contributed by atoms with Crippen LogP contribution in [0, 0.1) is 17.3 Å². The summed E-state index contributed by atoms with van der Waals surface area (Å²) in [6, 6.07) is 0. The molecule has 100 valence electrons. The predicted octanol–water partition coefficient (Wildman–Crippen LogP) is 1.85. The van der Waals surface area contributed by atoms with Crippen molar-refractivity contribution in [2.24, 2.45) is 17.3 Å². The molecule has 1 saturated carbocycles. The molecule has 0 bridgehead atoms. The Morgan fingerprint density at radius 1 is 1.61 bits per heavy atom. The normalized spacial score (nSPS) is 40.1. The summed E-state index contributed by atoms with van der Waals surface area (Å²) in [4.78, 5) is 12.1. The van der Waals surface area contributed by atoms with E-state index in [-0.39, 0.29) is 24.2 Å². The van der Waals surface area contributed by atoms with E-state index in [1.807, 2.05) is 13.8 Å². The van der Waals surface area contributed by atoms with Gasteiger partial charge < -0.3 is 10.2 Å². The third-order valence-corrected chi connectivity index (χ3v) is 4.90. The SMILES string of the molecule is C=C(C)[C@@H]1C[C@]2(CO)C(=CC1=O)CC[C@H](O)[C@H]2C. The maximum absolute atomic E-state index is 12.1. The summed E-state index contributed by atoms with van der Waals surface area (Å²) in [7, 11) is 0. The lowest BCUT2D eigenvalue weighted by atomic mass is 9.56. The van der Waals surface area contributed by atoms with Crippen molar-refractivity contribution in [3.8, 4) is 0 Å². The van der Waals surface area contributed by atoms with Gasteiger partial charge in [-0.05, 0) is 38.2 Å². The Bertz CT molecular complexity index is 410. The zero-order valence-corrected chi connectivity index (χ0v) is 11.1. The Morgan fingerprint density at radius 3 is 2.83 bits per heavy atom. The van der Waals surface area contributed by atoms with Crippen molar-refractivity contribution in [3.63, 3.8) is 0 Å². The van der Waals surface area contributed by atoms with E-state index in [2.05, 4.69) is 6.58 Å². The topological polar surface area (TPSA) is 57.5 Å². The van der Waals surface area contributed by atoms with Crippen LogP contribution in [0.2, 0.25) is 0 Å². The maximum atomic E-state index is 12.1. The summed E-state index contributed by atoms with van der Waals surface area (Å²) < 4.78 is 0. The summed E-state index contributed by atoms with van der Waals surface area (Å²) >= 11 is 0. The molecule has 0 unspecified atom stereocenters. The summed E-state index contributed by atoms with van der Waals surface area (Å²) in [5.41, 5.74) is 1.43. The van der Waals surface area contributed by atoms with Gasteiger partial charge in [0, 0.05) is 11.3 Å². The summed E-state index contributed by atoms with van der Waals surface area (Å²) in [6.45, 7) is 7.71. The lowest BCUT2D eigenvalue weighted by molar-refractivity contribution is -0.121.